The van der Waals surface area contributed by atoms with Crippen LogP contribution in [-0.4, -0.2) is 16.9 Å². The van der Waals surface area contributed by atoms with E-state index in [1.54, 1.807) is 0 Å². The van der Waals surface area contributed by atoms with Crippen LogP contribution in [0.5, 0.6) is 0 Å². The standard InChI is InChI=1S/C19H14N2.C17H14N.Ir/c1-14(15-7-3-2-4-8-15)21-19-12-17-10-6-5-9-16(17)11-18(19)13-20;1-12-7-13(2)9-16(8-12)17-10-14-5-3-4-6-15(14)11-18-17;/h2-7,9-13H,1H3;3-8,10-11H,1-2H3;/q-2;-1;+3. The Labute approximate surface area is 249 Å². The van der Waals surface area contributed by atoms with Gasteiger partial charge in [0.2, 0.25) is 0 Å². The van der Waals surface area contributed by atoms with Gasteiger partial charge in [-0.1, -0.05) is 75.4 Å². The minimum absolute atomic E-state index is 0. The van der Waals surface area contributed by atoms with E-state index in [4.69, 9.17) is 0 Å². The number of aliphatic imine (C=N–C) groups is 1. The first-order valence-electron chi connectivity index (χ1n) is 12.9. The van der Waals surface area contributed by atoms with Crippen molar-refractivity contribution in [3.05, 3.63) is 149 Å². The Kier molecular flexibility index (Phi) is 9.50. The minimum atomic E-state index is 0. The van der Waals surface area contributed by atoms with E-state index < -0.39 is 0 Å². The Balaban J connectivity index is 0.000000182. The van der Waals surface area contributed by atoms with Crippen LogP contribution in [0.25, 0.3) is 38.2 Å². The quantitative estimate of drug-likeness (QED) is 0.134. The predicted octanol–water partition coefficient (Wildman–Crippen LogP) is 9.09. The van der Waals surface area contributed by atoms with E-state index >= 15 is 0 Å². The SMILES string of the molecule is CC(=Nc1cc2ccccc2cc1C=[N-])c1[c-]cccc1.Cc1[c-]c(-c2cc3ccccc3cn2)cc(C)c1.[Ir+3]. The summed E-state index contributed by atoms with van der Waals surface area (Å²) in [6.07, 6.45) is 3.03. The first kappa shape index (κ1) is 28.8. The zero-order chi connectivity index (χ0) is 27.2. The van der Waals surface area contributed by atoms with Crippen LogP contribution in [0.4, 0.5) is 5.69 Å². The van der Waals surface area contributed by atoms with Gasteiger partial charge in [-0.3, -0.25) is 0 Å². The molecule has 4 heteroatoms. The molecule has 0 aliphatic carbocycles. The molecule has 0 amide bonds. The first-order chi connectivity index (χ1) is 19.0. The molecule has 0 bridgehead atoms. The van der Waals surface area contributed by atoms with Gasteiger partial charge in [0, 0.05) is 6.20 Å². The Morgan fingerprint density at radius 2 is 1.45 bits per heavy atom. The molecule has 0 saturated carbocycles. The van der Waals surface area contributed by atoms with E-state index in [9.17, 15) is 5.41 Å². The molecular formula is C36H28IrN3. The van der Waals surface area contributed by atoms with Crippen molar-refractivity contribution in [2.45, 2.75) is 20.8 Å². The van der Waals surface area contributed by atoms with E-state index in [-0.39, 0.29) is 20.1 Å². The summed E-state index contributed by atoms with van der Waals surface area (Å²) < 4.78 is 0. The van der Waals surface area contributed by atoms with E-state index in [2.05, 4.69) is 72.4 Å². The molecule has 0 radical (unpaired) electrons. The van der Waals surface area contributed by atoms with Gasteiger partial charge in [0.15, 0.2) is 0 Å². The summed E-state index contributed by atoms with van der Waals surface area (Å²) in [4.78, 5) is 9.17. The summed E-state index contributed by atoms with van der Waals surface area (Å²) in [5.74, 6) is 0. The van der Waals surface area contributed by atoms with Crippen molar-refractivity contribution < 1.29 is 20.1 Å². The molecule has 1 heterocycles. The van der Waals surface area contributed by atoms with E-state index in [1.165, 1.54) is 16.3 Å². The molecule has 0 aliphatic heterocycles. The van der Waals surface area contributed by atoms with E-state index in [0.717, 1.165) is 50.8 Å². The van der Waals surface area contributed by atoms with Crippen molar-refractivity contribution in [1.82, 2.24) is 4.98 Å². The van der Waals surface area contributed by atoms with Gasteiger partial charge in [0.05, 0.1) is 5.69 Å². The molecule has 3 nitrogen and oxygen atoms in total. The van der Waals surface area contributed by atoms with Crippen molar-refractivity contribution in [3.63, 3.8) is 0 Å². The maximum atomic E-state index is 9.46. The summed E-state index contributed by atoms with van der Waals surface area (Å²) in [6.45, 7) is 6.12. The molecule has 5 aromatic carbocycles. The normalized spacial score (nSPS) is 10.9. The average Bonchev–Trinajstić information content (AvgIpc) is 2.97. The van der Waals surface area contributed by atoms with Gasteiger partial charge in [0.25, 0.3) is 0 Å². The molecule has 0 atom stereocenters. The van der Waals surface area contributed by atoms with Gasteiger partial charge in [0.1, 0.15) is 0 Å². The third kappa shape index (κ3) is 6.84. The van der Waals surface area contributed by atoms with Crippen molar-refractivity contribution in [1.29, 1.82) is 0 Å². The molecule has 6 rings (SSSR count). The van der Waals surface area contributed by atoms with Crippen molar-refractivity contribution >= 4 is 39.2 Å². The number of fused-ring (bicyclic) bond motifs is 2. The maximum absolute atomic E-state index is 9.46. The van der Waals surface area contributed by atoms with Crippen LogP contribution in [-0.2, 0) is 20.1 Å². The smallest absolute Gasteiger partial charge is 0.810 e. The number of benzene rings is 5. The molecule has 0 spiro atoms. The molecule has 0 fully saturated rings. The molecule has 0 saturated heterocycles. The van der Waals surface area contributed by atoms with Crippen LogP contribution in [0.1, 0.15) is 29.2 Å². The van der Waals surface area contributed by atoms with Crippen molar-refractivity contribution in [3.8, 4) is 11.3 Å². The average molecular weight is 695 g/mol. The molecule has 40 heavy (non-hydrogen) atoms. The number of rotatable bonds is 4. The fraction of sp³-hybridized carbons (Fsp3) is 0.0833. The summed E-state index contributed by atoms with van der Waals surface area (Å²) in [6, 6.07) is 40.9. The predicted molar refractivity (Wildman–Crippen MR) is 165 cm³/mol. The van der Waals surface area contributed by atoms with Gasteiger partial charge in [-0.25, -0.2) is 0 Å². The van der Waals surface area contributed by atoms with Crippen LogP contribution >= 0.6 is 0 Å². The zero-order valence-corrected chi connectivity index (χ0v) is 25.0. The Morgan fingerprint density at radius 3 is 2.10 bits per heavy atom. The topological polar surface area (TPSA) is 47.5 Å². The molecule has 0 aliphatic rings. The molecular weight excluding hydrogens is 667 g/mol. The minimum Gasteiger partial charge on any atom is -0.810 e. The fourth-order valence-electron chi connectivity index (χ4n) is 4.57. The van der Waals surface area contributed by atoms with Gasteiger partial charge in [-0.15, -0.1) is 70.8 Å². The largest absolute Gasteiger partial charge is 3.00 e. The number of aryl methyl sites for hydroxylation is 2. The van der Waals surface area contributed by atoms with E-state index in [0.29, 0.717) is 5.56 Å². The van der Waals surface area contributed by atoms with Crippen LogP contribution in [0.2, 0.25) is 0 Å². The Hall–Kier alpha value is -4.24. The van der Waals surface area contributed by atoms with Crippen LogP contribution < -0.4 is 0 Å². The number of nitrogens with zero attached hydrogens (tertiary/aromatic N) is 3. The van der Waals surface area contributed by atoms with Crippen LogP contribution in [0, 0.1) is 26.0 Å². The monoisotopic (exact) mass is 695 g/mol. The fourth-order valence-corrected chi connectivity index (χ4v) is 4.57. The first-order valence-corrected chi connectivity index (χ1v) is 12.9. The zero-order valence-electron chi connectivity index (χ0n) is 22.6. The number of hydrogen-bond acceptors (Lipinski definition) is 2. The van der Waals surface area contributed by atoms with Gasteiger partial charge < -0.3 is 15.4 Å². The number of hydrogen-bond donors (Lipinski definition) is 0. The summed E-state index contributed by atoms with van der Waals surface area (Å²) in [5.41, 5.74) is 7.74. The van der Waals surface area contributed by atoms with E-state index in [1.807, 2.05) is 79.9 Å². The van der Waals surface area contributed by atoms with Gasteiger partial charge >= 0.3 is 20.1 Å². The Morgan fingerprint density at radius 1 is 0.800 bits per heavy atom. The second kappa shape index (κ2) is 13.2. The van der Waals surface area contributed by atoms with Crippen molar-refractivity contribution in [2.24, 2.45) is 4.99 Å². The van der Waals surface area contributed by atoms with Crippen LogP contribution in [0.3, 0.4) is 0 Å². The molecule has 0 N–H and O–H groups in total. The van der Waals surface area contributed by atoms with Crippen LogP contribution in [0.15, 0.2) is 114 Å². The number of aromatic nitrogens is 1. The third-order valence-corrected chi connectivity index (χ3v) is 6.48. The van der Waals surface area contributed by atoms with Gasteiger partial charge in [-0.2, -0.15) is 6.21 Å². The second-order valence-corrected chi connectivity index (χ2v) is 9.53. The molecule has 6 aromatic rings. The summed E-state index contributed by atoms with van der Waals surface area (Å²) in [5, 5.41) is 14.0. The Bertz CT molecular complexity index is 1790. The molecule has 196 valence electrons. The summed E-state index contributed by atoms with van der Waals surface area (Å²) in [7, 11) is 0. The molecule has 1 aromatic heterocycles. The number of pyridine rings is 1. The molecule has 0 unspecified atom stereocenters. The van der Waals surface area contributed by atoms with Crippen molar-refractivity contribution in [2.75, 3.05) is 0 Å². The second-order valence-electron chi connectivity index (χ2n) is 9.53. The van der Waals surface area contributed by atoms with Gasteiger partial charge in [-0.05, 0) is 50.6 Å². The maximum Gasteiger partial charge on any atom is 3.00 e. The summed E-state index contributed by atoms with van der Waals surface area (Å²) >= 11 is 0. The third-order valence-electron chi connectivity index (χ3n) is 6.48.